The molecule has 4 heteroatoms. The van der Waals surface area contributed by atoms with Crippen molar-refractivity contribution in [1.29, 1.82) is 0 Å². The maximum absolute atomic E-state index is 13.5. The van der Waals surface area contributed by atoms with E-state index in [9.17, 15) is 4.79 Å². The molecular weight excluding hydrogens is 368 g/mol. The Bertz CT molecular complexity index is 1500. The van der Waals surface area contributed by atoms with Crippen LogP contribution < -0.4 is 10.9 Å². The first-order valence-corrected chi connectivity index (χ1v) is 9.53. The Hall–Kier alpha value is -3.17. The van der Waals surface area contributed by atoms with Gasteiger partial charge in [0.05, 0.1) is 21.3 Å². The van der Waals surface area contributed by atoms with E-state index in [0.717, 1.165) is 38.3 Å². The predicted octanol–water partition coefficient (Wildman–Crippen LogP) is 4.82. The molecule has 0 aliphatic rings. The number of rotatable bonds is 1. The maximum Gasteiger partial charge on any atom is 0.266 e. The predicted molar refractivity (Wildman–Crippen MR) is 116 cm³/mol. The number of halogens is 1. The van der Waals surface area contributed by atoms with Gasteiger partial charge in [-0.1, -0.05) is 60.1 Å². The van der Waals surface area contributed by atoms with Gasteiger partial charge < -0.3 is 0 Å². The van der Waals surface area contributed by atoms with Crippen LogP contribution in [0, 0.1) is 13.8 Å². The van der Waals surface area contributed by atoms with E-state index in [1.165, 1.54) is 0 Å². The summed E-state index contributed by atoms with van der Waals surface area (Å²) in [4.78, 5) is 18.4. The molecule has 0 saturated heterocycles. The molecule has 0 bridgehead atoms. The Balaban J connectivity index is 2.10. The third kappa shape index (κ3) is 2.36. The monoisotopic (exact) mass is 384 g/mol. The quantitative estimate of drug-likeness (QED) is 0.415. The molecular formula is C24H17ClN2O. The van der Waals surface area contributed by atoms with E-state index in [1.807, 2.05) is 80.6 Å². The number of nitrogens with zero attached hydrogens (tertiary/aromatic N) is 2. The lowest BCUT2D eigenvalue weighted by molar-refractivity contribution is 1.07. The van der Waals surface area contributed by atoms with E-state index in [2.05, 4.69) is 0 Å². The minimum atomic E-state index is -0.0717. The summed E-state index contributed by atoms with van der Waals surface area (Å²) >= 11 is 6.56. The van der Waals surface area contributed by atoms with Crippen LogP contribution in [0.2, 0.25) is 5.02 Å². The van der Waals surface area contributed by atoms with Gasteiger partial charge in [0.2, 0.25) is 0 Å². The highest BCUT2D eigenvalue weighted by atomic mass is 35.5. The van der Waals surface area contributed by atoms with Crippen molar-refractivity contribution in [3.8, 4) is 0 Å². The van der Waals surface area contributed by atoms with Gasteiger partial charge in [-0.2, -0.15) is 0 Å². The van der Waals surface area contributed by atoms with Gasteiger partial charge in [-0.3, -0.25) is 9.20 Å². The number of benzene rings is 3. The Morgan fingerprint density at radius 2 is 1.71 bits per heavy atom. The average molecular weight is 385 g/mol. The van der Waals surface area contributed by atoms with Crippen molar-refractivity contribution < 1.29 is 0 Å². The van der Waals surface area contributed by atoms with Gasteiger partial charge >= 0.3 is 0 Å². The second kappa shape index (κ2) is 6.18. The lowest BCUT2D eigenvalue weighted by Gasteiger charge is -2.06. The number of fused-ring (bicyclic) bond motifs is 4. The summed E-state index contributed by atoms with van der Waals surface area (Å²) in [7, 11) is 0. The van der Waals surface area contributed by atoms with Crippen LogP contribution in [0.25, 0.3) is 33.4 Å². The topological polar surface area (TPSA) is 34.4 Å². The van der Waals surface area contributed by atoms with Crippen molar-refractivity contribution in [3.63, 3.8) is 0 Å². The van der Waals surface area contributed by atoms with E-state index in [4.69, 9.17) is 16.6 Å². The fraction of sp³-hybridized carbons (Fsp3) is 0.0833. The largest absolute Gasteiger partial charge is 0.268 e. The Morgan fingerprint density at radius 3 is 2.50 bits per heavy atom. The van der Waals surface area contributed by atoms with Gasteiger partial charge in [0.15, 0.2) is 0 Å². The van der Waals surface area contributed by atoms with Gasteiger partial charge in [0.1, 0.15) is 5.65 Å². The first-order valence-electron chi connectivity index (χ1n) is 9.15. The van der Waals surface area contributed by atoms with Crippen LogP contribution in [0.4, 0.5) is 0 Å². The zero-order valence-electron chi connectivity index (χ0n) is 15.5. The third-order valence-corrected chi connectivity index (χ3v) is 5.74. The molecule has 3 aromatic carbocycles. The van der Waals surface area contributed by atoms with E-state index in [-0.39, 0.29) is 5.56 Å². The molecule has 0 aliphatic carbocycles. The summed E-state index contributed by atoms with van der Waals surface area (Å²) < 4.78 is 1.70. The fourth-order valence-corrected chi connectivity index (χ4v) is 4.08. The molecule has 0 N–H and O–H groups in total. The smallest absolute Gasteiger partial charge is 0.266 e. The Morgan fingerprint density at radius 1 is 0.929 bits per heavy atom. The Kier molecular flexibility index (Phi) is 3.74. The molecule has 0 unspecified atom stereocenters. The van der Waals surface area contributed by atoms with Gasteiger partial charge in [0.25, 0.3) is 5.56 Å². The summed E-state index contributed by atoms with van der Waals surface area (Å²) in [6.45, 7) is 4.04. The van der Waals surface area contributed by atoms with Crippen LogP contribution in [0.5, 0.6) is 0 Å². The van der Waals surface area contributed by atoms with Crippen molar-refractivity contribution >= 4 is 45.0 Å². The van der Waals surface area contributed by atoms with Crippen LogP contribution >= 0.6 is 11.6 Å². The molecule has 0 atom stereocenters. The summed E-state index contributed by atoms with van der Waals surface area (Å²) in [5, 5.41) is 3.75. The van der Waals surface area contributed by atoms with Crippen LogP contribution in [-0.2, 0) is 0 Å². The fourth-order valence-electron chi connectivity index (χ4n) is 3.82. The first-order chi connectivity index (χ1) is 13.6. The van der Waals surface area contributed by atoms with Gasteiger partial charge in [0, 0.05) is 10.8 Å². The molecule has 5 rings (SSSR count). The molecule has 2 aromatic heterocycles. The van der Waals surface area contributed by atoms with E-state index < -0.39 is 0 Å². The highest BCUT2D eigenvalue weighted by Gasteiger charge is 2.17. The number of aryl methyl sites for hydroxylation is 2. The molecule has 0 fully saturated rings. The van der Waals surface area contributed by atoms with Gasteiger partial charge in [-0.05, 0) is 48.7 Å². The maximum atomic E-state index is 13.5. The highest BCUT2D eigenvalue weighted by Crippen LogP contribution is 2.27. The lowest BCUT2D eigenvalue weighted by Crippen LogP contribution is -2.25. The molecule has 3 nitrogen and oxygen atoms in total. The number of aromatic nitrogens is 2. The van der Waals surface area contributed by atoms with Crippen molar-refractivity contribution in [2.45, 2.75) is 13.8 Å². The summed E-state index contributed by atoms with van der Waals surface area (Å²) in [5.74, 6) is 0. The van der Waals surface area contributed by atoms with E-state index >= 15 is 0 Å². The van der Waals surface area contributed by atoms with Crippen molar-refractivity contribution in [2.75, 3.05) is 0 Å². The van der Waals surface area contributed by atoms with E-state index in [1.54, 1.807) is 4.40 Å². The minimum absolute atomic E-state index is 0.0717. The third-order valence-electron chi connectivity index (χ3n) is 5.42. The van der Waals surface area contributed by atoms with Crippen LogP contribution in [0.3, 0.4) is 0 Å². The molecule has 0 amide bonds. The van der Waals surface area contributed by atoms with Crippen molar-refractivity contribution in [2.24, 2.45) is 0 Å². The molecule has 28 heavy (non-hydrogen) atoms. The minimum Gasteiger partial charge on any atom is -0.268 e. The number of hydrogen-bond acceptors (Lipinski definition) is 2. The molecule has 0 saturated carbocycles. The van der Waals surface area contributed by atoms with Crippen LogP contribution in [-0.4, -0.2) is 9.38 Å². The summed E-state index contributed by atoms with van der Waals surface area (Å²) in [6.07, 6.45) is 2.02. The molecule has 0 aliphatic heterocycles. The molecule has 0 radical (unpaired) electrons. The zero-order chi connectivity index (χ0) is 19.4. The Labute approximate surface area is 166 Å². The average Bonchev–Trinajstić information content (AvgIpc) is 3.01. The SMILES string of the molecule is Cc1ccc2c(=O)n3/c(=C/c4ccccc4)c4cccc(Cl)c4c3nc2c1C. The second-order valence-electron chi connectivity index (χ2n) is 7.08. The van der Waals surface area contributed by atoms with Crippen LogP contribution in [0.15, 0.2) is 65.5 Å². The standard InChI is InChI=1S/C24H17ClN2O/c1-14-11-12-18-22(15(14)2)26-23-21-17(9-6-10-19(21)25)20(27(23)24(18)28)13-16-7-4-3-5-8-16/h3-13H,1-2H3/b20-13+. The summed E-state index contributed by atoms with van der Waals surface area (Å²) in [5.41, 5.74) is 4.42. The molecule has 2 heterocycles. The second-order valence-corrected chi connectivity index (χ2v) is 7.49. The lowest BCUT2D eigenvalue weighted by atomic mass is 10.1. The van der Waals surface area contributed by atoms with Gasteiger partial charge in [-0.15, -0.1) is 0 Å². The molecule has 136 valence electrons. The van der Waals surface area contributed by atoms with Crippen LogP contribution in [0.1, 0.15) is 16.7 Å². The summed E-state index contributed by atoms with van der Waals surface area (Å²) in [6, 6.07) is 19.6. The normalized spacial score (nSPS) is 12.5. The number of hydrogen-bond donors (Lipinski definition) is 0. The highest BCUT2D eigenvalue weighted by molar-refractivity contribution is 6.37. The van der Waals surface area contributed by atoms with Gasteiger partial charge in [-0.25, -0.2) is 4.98 Å². The van der Waals surface area contributed by atoms with Crippen molar-refractivity contribution in [3.05, 3.63) is 98.1 Å². The molecule has 5 aromatic rings. The van der Waals surface area contributed by atoms with E-state index in [0.29, 0.717) is 16.1 Å². The molecule has 0 spiro atoms. The zero-order valence-corrected chi connectivity index (χ0v) is 16.3. The van der Waals surface area contributed by atoms with Crippen molar-refractivity contribution in [1.82, 2.24) is 9.38 Å². The first kappa shape index (κ1) is 17.0.